The van der Waals surface area contributed by atoms with Gasteiger partial charge >= 0.3 is 0 Å². The summed E-state index contributed by atoms with van der Waals surface area (Å²) in [5.41, 5.74) is 2.60. The Morgan fingerprint density at radius 2 is 2.08 bits per heavy atom. The minimum atomic E-state index is 0.320. The van der Waals surface area contributed by atoms with Crippen molar-refractivity contribution in [1.82, 2.24) is 15.1 Å². The van der Waals surface area contributed by atoms with Crippen molar-refractivity contribution in [2.75, 3.05) is 13.2 Å². The first kappa shape index (κ1) is 15.8. The van der Waals surface area contributed by atoms with Gasteiger partial charge in [-0.25, -0.2) is 0 Å². The molecule has 128 valence electrons. The summed E-state index contributed by atoms with van der Waals surface area (Å²) in [6.45, 7) is 5.49. The minimum absolute atomic E-state index is 0.320. The van der Waals surface area contributed by atoms with Crippen LogP contribution in [0.15, 0.2) is 28.7 Å². The molecule has 1 saturated heterocycles. The summed E-state index contributed by atoms with van der Waals surface area (Å²) in [4.78, 5) is 2.37. The Bertz CT molecular complexity index is 675. The molecule has 5 heteroatoms. The Hall–Kier alpha value is -1.72. The Balaban J connectivity index is 1.45. The maximum atomic E-state index is 5.86. The molecule has 1 aromatic carbocycles. The zero-order valence-corrected chi connectivity index (χ0v) is 14.3. The van der Waals surface area contributed by atoms with Gasteiger partial charge in [0.25, 0.3) is 0 Å². The molecule has 1 aliphatic carbocycles. The van der Waals surface area contributed by atoms with Crippen molar-refractivity contribution in [3.8, 4) is 0 Å². The summed E-state index contributed by atoms with van der Waals surface area (Å²) in [5.74, 6) is 2.05. The molecule has 0 bridgehead atoms. The molecular weight excluding hydrogens is 302 g/mol. The number of benzene rings is 1. The maximum Gasteiger partial charge on any atom is 0.230 e. The standard InChI is InChI=1S/C19H25N3O2/c1-14-4-2-5-15(10-14)11-22(12-17-6-3-9-23-17)13-18-20-21-19(24-18)16-7-8-16/h2,4-5,10,16-17H,3,6-9,11-13H2,1H3/t17-/m0/s1. The van der Waals surface area contributed by atoms with E-state index in [1.54, 1.807) is 0 Å². The van der Waals surface area contributed by atoms with Gasteiger partial charge < -0.3 is 9.15 Å². The van der Waals surface area contributed by atoms with Gasteiger partial charge in [0.15, 0.2) is 0 Å². The lowest BCUT2D eigenvalue weighted by Crippen LogP contribution is -2.31. The molecule has 4 rings (SSSR count). The summed E-state index contributed by atoms with van der Waals surface area (Å²) in [6, 6.07) is 8.67. The van der Waals surface area contributed by atoms with E-state index in [-0.39, 0.29) is 0 Å². The van der Waals surface area contributed by atoms with E-state index in [0.29, 0.717) is 18.6 Å². The number of aromatic nitrogens is 2. The summed E-state index contributed by atoms with van der Waals surface area (Å²) in [7, 11) is 0. The fourth-order valence-corrected chi connectivity index (χ4v) is 3.35. The van der Waals surface area contributed by atoms with Crippen molar-refractivity contribution < 1.29 is 9.15 Å². The van der Waals surface area contributed by atoms with Crippen LogP contribution in [0.3, 0.4) is 0 Å². The Morgan fingerprint density at radius 3 is 2.83 bits per heavy atom. The summed E-state index contributed by atoms with van der Waals surface area (Å²) in [5, 5.41) is 8.46. The Morgan fingerprint density at radius 1 is 1.17 bits per heavy atom. The molecule has 2 aliphatic rings. The summed E-state index contributed by atoms with van der Waals surface area (Å²) >= 11 is 0. The molecule has 0 radical (unpaired) electrons. The van der Waals surface area contributed by atoms with E-state index >= 15 is 0 Å². The molecule has 5 nitrogen and oxygen atoms in total. The van der Waals surface area contributed by atoms with Crippen LogP contribution in [0.4, 0.5) is 0 Å². The predicted octanol–water partition coefficient (Wildman–Crippen LogP) is 3.44. The molecule has 0 N–H and O–H groups in total. The highest BCUT2D eigenvalue weighted by molar-refractivity contribution is 5.22. The van der Waals surface area contributed by atoms with Crippen LogP contribution in [-0.2, 0) is 17.8 Å². The predicted molar refractivity (Wildman–Crippen MR) is 90.5 cm³/mol. The van der Waals surface area contributed by atoms with Gasteiger partial charge in [0, 0.05) is 25.6 Å². The second-order valence-electron chi connectivity index (χ2n) is 7.10. The average molecular weight is 327 g/mol. The largest absolute Gasteiger partial charge is 0.424 e. The highest BCUT2D eigenvalue weighted by atomic mass is 16.5. The number of ether oxygens (including phenoxy) is 1. The lowest BCUT2D eigenvalue weighted by Gasteiger charge is -2.24. The molecule has 24 heavy (non-hydrogen) atoms. The van der Waals surface area contributed by atoms with E-state index in [4.69, 9.17) is 9.15 Å². The number of nitrogens with zero attached hydrogens (tertiary/aromatic N) is 3. The molecule has 2 aromatic rings. The van der Waals surface area contributed by atoms with E-state index in [1.807, 2.05) is 0 Å². The van der Waals surface area contributed by atoms with E-state index in [1.165, 1.54) is 24.0 Å². The van der Waals surface area contributed by atoms with Crippen molar-refractivity contribution >= 4 is 0 Å². The molecule has 0 unspecified atom stereocenters. The summed E-state index contributed by atoms with van der Waals surface area (Å²) in [6.07, 6.45) is 4.99. The molecular formula is C19H25N3O2. The van der Waals surface area contributed by atoms with Crippen molar-refractivity contribution in [1.29, 1.82) is 0 Å². The highest BCUT2D eigenvalue weighted by Crippen LogP contribution is 2.39. The van der Waals surface area contributed by atoms with Crippen LogP contribution in [-0.4, -0.2) is 34.4 Å². The van der Waals surface area contributed by atoms with Crippen LogP contribution in [0.1, 0.15) is 54.5 Å². The van der Waals surface area contributed by atoms with Crippen LogP contribution in [0.5, 0.6) is 0 Å². The van der Waals surface area contributed by atoms with Crippen molar-refractivity contribution in [2.45, 2.75) is 57.7 Å². The van der Waals surface area contributed by atoms with Crippen molar-refractivity contribution in [3.63, 3.8) is 0 Å². The minimum Gasteiger partial charge on any atom is -0.424 e. The van der Waals surface area contributed by atoms with E-state index < -0.39 is 0 Å². The van der Waals surface area contributed by atoms with Crippen LogP contribution in [0, 0.1) is 6.92 Å². The van der Waals surface area contributed by atoms with Gasteiger partial charge in [-0.05, 0) is 38.2 Å². The van der Waals surface area contributed by atoms with E-state index in [2.05, 4.69) is 46.3 Å². The van der Waals surface area contributed by atoms with E-state index in [0.717, 1.165) is 44.3 Å². The molecule has 0 amide bonds. The molecule has 0 spiro atoms. The molecule has 1 atom stereocenters. The average Bonchev–Trinajstić information content (AvgIpc) is 3.09. The second kappa shape index (κ2) is 7.03. The van der Waals surface area contributed by atoms with Crippen molar-refractivity contribution in [3.05, 3.63) is 47.2 Å². The first-order valence-electron chi connectivity index (χ1n) is 8.98. The quantitative estimate of drug-likeness (QED) is 0.780. The Kier molecular flexibility index (Phi) is 4.63. The summed E-state index contributed by atoms with van der Waals surface area (Å²) < 4.78 is 11.7. The lowest BCUT2D eigenvalue weighted by molar-refractivity contribution is 0.0647. The number of hydrogen-bond donors (Lipinski definition) is 0. The molecule has 1 aliphatic heterocycles. The van der Waals surface area contributed by atoms with Crippen LogP contribution >= 0.6 is 0 Å². The monoisotopic (exact) mass is 327 g/mol. The van der Waals surface area contributed by atoms with Gasteiger partial charge in [0.1, 0.15) is 0 Å². The third-order valence-corrected chi connectivity index (χ3v) is 4.74. The lowest BCUT2D eigenvalue weighted by atomic mass is 10.1. The zero-order valence-electron chi connectivity index (χ0n) is 14.3. The molecule has 2 heterocycles. The smallest absolute Gasteiger partial charge is 0.230 e. The topological polar surface area (TPSA) is 51.4 Å². The fourth-order valence-electron chi connectivity index (χ4n) is 3.35. The third-order valence-electron chi connectivity index (χ3n) is 4.74. The first-order valence-corrected chi connectivity index (χ1v) is 8.98. The molecule has 1 saturated carbocycles. The Labute approximate surface area is 143 Å². The van der Waals surface area contributed by atoms with Crippen LogP contribution in [0.25, 0.3) is 0 Å². The van der Waals surface area contributed by atoms with E-state index in [9.17, 15) is 0 Å². The highest BCUT2D eigenvalue weighted by Gasteiger charge is 2.30. The fraction of sp³-hybridized carbons (Fsp3) is 0.579. The second-order valence-corrected chi connectivity index (χ2v) is 7.10. The number of hydrogen-bond acceptors (Lipinski definition) is 5. The first-order chi connectivity index (χ1) is 11.8. The van der Waals surface area contributed by atoms with Gasteiger partial charge in [-0.2, -0.15) is 0 Å². The maximum absolute atomic E-state index is 5.86. The normalized spacial score (nSPS) is 20.8. The van der Waals surface area contributed by atoms with Crippen LogP contribution < -0.4 is 0 Å². The SMILES string of the molecule is Cc1cccc(CN(Cc2nnc(C3CC3)o2)C[C@@H]2CCCO2)c1. The van der Waals surface area contributed by atoms with Crippen molar-refractivity contribution in [2.24, 2.45) is 0 Å². The van der Waals surface area contributed by atoms with Gasteiger partial charge in [0.05, 0.1) is 12.6 Å². The zero-order chi connectivity index (χ0) is 16.4. The molecule has 1 aromatic heterocycles. The van der Waals surface area contributed by atoms with Gasteiger partial charge in [-0.15, -0.1) is 10.2 Å². The number of rotatable bonds is 7. The van der Waals surface area contributed by atoms with Gasteiger partial charge in [0.2, 0.25) is 11.8 Å². The number of aryl methyl sites for hydroxylation is 1. The van der Waals surface area contributed by atoms with Gasteiger partial charge in [-0.1, -0.05) is 29.8 Å². The third kappa shape index (κ3) is 4.02. The van der Waals surface area contributed by atoms with Crippen LogP contribution in [0.2, 0.25) is 0 Å². The van der Waals surface area contributed by atoms with Gasteiger partial charge in [-0.3, -0.25) is 4.90 Å². The molecule has 2 fully saturated rings.